The quantitative estimate of drug-likeness (QED) is 0.617. The Morgan fingerprint density at radius 2 is 1.74 bits per heavy atom. The van der Waals surface area contributed by atoms with Gasteiger partial charge in [-0.25, -0.2) is 13.2 Å². The second kappa shape index (κ2) is 9.35. The van der Waals surface area contributed by atoms with Gasteiger partial charge in [0.2, 0.25) is 10.0 Å². The number of carbonyl (C=O) groups excluding carboxylic acids is 1. The van der Waals surface area contributed by atoms with Crippen molar-refractivity contribution in [1.29, 1.82) is 0 Å². The van der Waals surface area contributed by atoms with E-state index in [9.17, 15) is 22.0 Å². The predicted octanol–water partition coefficient (Wildman–Crippen LogP) is 3.63. The van der Waals surface area contributed by atoms with Gasteiger partial charge in [0.25, 0.3) is 0 Å². The Balaban J connectivity index is 1.57. The molecule has 3 rings (SSSR count). The van der Waals surface area contributed by atoms with Crippen LogP contribution in [0.3, 0.4) is 0 Å². The molecule has 0 aliphatic carbocycles. The molecule has 1 heterocycles. The highest BCUT2D eigenvalue weighted by Crippen LogP contribution is 2.29. The molecule has 12 heteroatoms. The van der Waals surface area contributed by atoms with E-state index < -0.39 is 28.5 Å². The van der Waals surface area contributed by atoms with E-state index in [-0.39, 0.29) is 47.3 Å². The fourth-order valence-electron chi connectivity index (χ4n) is 3.05. The number of ether oxygens (including phenoxy) is 2. The van der Waals surface area contributed by atoms with Gasteiger partial charge in [-0.05, 0) is 36.4 Å². The largest absolute Gasteiger partial charge is 0.435 e. The van der Waals surface area contributed by atoms with Crippen LogP contribution in [-0.2, 0) is 14.8 Å². The molecule has 1 saturated heterocycles. The summed E-state index contributed by atoms with van der Waals surface area (Å²) in [6, 6.07) is 11.4. The lowest BCUT2D eigenvalue weighted by molar-refractivity contribution is -0.0498. The Morgan fingerprint density at radius 3 is 2.32 bits per heavy atom. The summed E-state index contributed by atoms with van der Waals surface area (Å²) < 4.78 is 60.7. The molecule has 0 spiro atoms. The lowest BCUT2D eigenvalue weighted by Gasteiger charge is -2.37. The van der Waals surface area contributed by atoms with E-state index in [4.69, 9.17) is 22.1 Å². The molecule has 0 unspecified atom stereocenters. The number of nitrogens with two attached hydrogens (primary N) is 1. The molecular weight excluding hydrogens is 456 g/mol. The molecule has 1 aliphatic heterocycles. The Labute approximate surface area is 182 Å². The zero-order valence-corrected chi connectivity index (χ0v) is 17.7. The van der Waals surface area contributed by atoms with Crippen molar-refractivity contribution in [3.05, 3.63) is 53.6 Å². The zero-order chi connectivity index (χ0) is 22.6. The van der Waals surface area contributed by atoms with Crippen LogP contribution < -0.4 is 15.8 Å². The zero-order valence-electron chi connectivity index (χ0n) is 16.1. The van der Waals surface area contributed by atoms with E-state index in [2.05, 4.69) is 10.1 Å². The van der Waals surface area contributed by atoms with Crippen LogP contribution in [0, 0.1) is 0 Å². The smallest absolute Gasteiger partial charge is 0.413 e. The highest BCUT2D eigenvalue weighted by molar-refractivity contribution is 7.89. The Bertz CT molecular complexity index is 1030. The number of benzene rings is 2. The number of rotatable bonds is 6. The number of piperidine rings is 1. The molecule has 0 saturated carbocycles. The molecule has 3 N–H and O–H groups in total. The highest BCUT2D eigenvalue weighted by atomic mass is 35.5. The van der Waals surface area contributed by atoms with Gasteiger partial charge in [0.05, 0.1) is 5.02 Å². The maximum absolute atomic E-state index is 12.8. The van der Waals surface area contributed by atoms with Crippen molar-refractivity contribution < 1.29 is 31.5 Å². The number of anilines is 1. The Hall–Kier alpha value is -2.47. The average molecular weight is 476 g/mol. The molecular formula is C19H20ClF2N3O5S. The number of alkyl halides is 2. The highest BCUT2D eigenvalue weighted by Gasteiger charge is 2.39. The van der Waals surface area contributed by atoms with Crippen molar-refractivity contribution in [2.45, 2.75) is 30.1 Å². The van der Waals surface area contributed by atoms with Gasteiger partial charge in [-0.3, -0.25) is 11.1 Å². The summed E-state index contributed by atoms with van der Waals surface area (Å²) in [4.78, 5) is 12.2. The monoisotopic (exact) mass is 475 g/mol. The van der Waals surface area contributed by atoms with Crippen LogP contribution in [0.25, 0.3) is 0 Å². The van der Waals surface area contributed by atoms with E-state index in [0.29, 0.717) is 0 Å². The SMILES string of the molecule is NC1(OC(=O)Nc2ccc(OC(F)F)cc2)CCN(S(=O)(=O)c2ccccc2Cl)CC1. The van der Waals surface area contributed by atoms with Crippen LogP contribution in [-0.4, -0.2) is 44.2 Å². The molecule has 8 nitrogen and oxygen atoms in total. The van der Waals surface area contributed by atoms with Crippen LogP contribution in [0.1, 0.15) is 12.8 Å². The van der Waals surface area contributed by atoms with Gasteiger partial charge in [-0.15, -0.1) is 0 Å². The number of hydrogen-bond donors (Lipinski definition) is 2. The first kappa shape index (κ1) is 23.2. The molecule has 31 heavy (non-hydrogen) atoms. The van der Waals surface area contributed by atoms with Crippen LogP contribution in [0.15, 0.2) is 53.4 Å². The van der Waals surface area contributed by atoms with Crippen molar-refractivity contribution >= 4 is 33.4 Å². The van der Waals surface area contributed by atoms with Crippen LogP contribution >= 0.6 is 11.6 Å². The third kappa shape index (κ3) is 5.82. The minimum absolute atomic E-state index is 0.000817. The topological polar surface area (TPSA) is 111 Å². The fraction of sp³-hybridized carbons (Fsp3) is 0.316. The molecule has 0 radical (unpaired) electrons. The van der Waals surface area contributed by atoms with Crippen molar-refractivity contribution in [3.8, 4) is 5.75 Å². The molecule has 1 aliphatic rings. The van der Waals surface area contributed by atoms with Crippen molar-refractivity contribution in [2.24, 2.45) is 5.73 Å². The first-order valence-corrected chi connectivity index (χ1v) is 11.0. The second-order valence-corrected chi connectivity index (χ2v) is 9.13. The number of nitrogens with zero attached hydrogens (tertiary/aromatic N) is 1. The third-order valence-electron chi connectivity index (χ3n) is 4.65. The number of hydrogen-bond acceptors (Lipinski definition) is 6. The number of halogens is 3. The predicted molar refractivity (Wildman–Crippen MR) is 110 cm³/mol. The lowest BCUT2D eigenvalue weighted by atomic mass is 10.0. The fourth-order valence-corrected chi connectivity index (χ4v) is 4.98. The van der Waals surface area contributed by atoms with Gasteiger partial charge in [-0.1, -0.05) is 23.7 Å². The average Bonchev–Trinajstić information content (AvgIpc) is 2.69. The molecule has 1 fully saturated rings. The summed E-state index contributed by atoms with van der Waals surface area (Å²) >= 11 is 6.01. The van der Waals surface area contributed by atoms with Crippen molar-refractivity contribution in [2.75, 3.05) is 18.4 Å². The Kier molecular flexibility index (Phi) is 6.99. The summed E-state index contributed by atoms with van der Waals surface area (Å²) in [5, 5.41) is 2.55. The van der Waals surface area contributed by atoms with E-state index >= 15 is 0 Å². The Morgan fingerprint density at radius 1 is 1.13 bits per heavy atom. The minimum Gasteiger partial charge on any atom is -0.435 e. The molecule has 0 aromatic heterocycles. The summed E-state index contributed by atoms with van der Waals surface area (Å²) in [5.41, 5.74) is 5.05. The number of amides is 1. The molecule has 2 aromatic rings. The third-order valence-corrected chi connectivity index (χ3v) is 7.04. The van der Waals surface area contributed by atoms with E-state index in [1.54, 1.807) is 12.1 Å². The van der Waals surface area contributed by atoms with Crippen molar-refractivity contribution in [3.63, 3.8) is 0 Å². The van der Waals surface area contributed by atoms with Gasteiger partial charge in [0.1, 0.15) is 10.6 Å². The number of nitrogens with one attached hydrogen (secondary N) is 1. The van der Waals surface area contributed by atoms with Crippen molar-refractivity contribution in [1.82, 2.24) is 4.31 Å². The van der Waals surface area contributed by atoms with E-state index in [1.165, 1.54) is 40.7 Å². The normalized spacial score (nSPS) is 16.7. The standard InChI is InChI=1S/C19H20ClF2N3O5S/c20-15-3-1-2-4-16(15)31(27,28)25-11-9-19(23,10-12-25)30-18(26)24-13-5-7-14(8-6-13)29-17(21)22/h1-8,17H,9-12,23H2,(H,24,26). The second-order valence-electron chi connectivity index (χ2n) is 6.82. The maximum Gasteiger partial charge on any atom is 0.413 e. The molecule has 0 atom stereocenters. The van der Waals surface area contributed by atoms with E-state index in [0.717, 1.165) is 0 Å². The number of sulfonamides is 1. The summed E-state index contributed by atoms with van der Waals surface area (Å²) in [5.74, 6) is -0.0590. The van der Waals surface area contributed by atoms with E-state index in [1.807, 2.05) is 0 Å². The maximum atomic E-state index is 12.8. The minimum atomic E-state index is -3.81. The first-order valence-electron chi connectivity index (χ1n) is 9.17. The number of carbonyl (C=O) groups is 1. The van der Waals surface area contributed by atoms with Gasteiger partial charge < -0.3 is 9.47 Å². The van der Waals surface area contributed by atoms with Gasteiger partial charge >= 0.3 is 12.7 Å². The summed E-state index contributed by atoms with van der Waals surface area (Å²) in [6.07, 6.45) is -0.705. The molecule has 0 bridgehead atoms. The molecule has 2 aromatic carbocycles. The van der Waals surface area contributed by atoms with Crippen LogP contribution in [0.4, 0.5) is 19.3 Å². The van der Waals surface area contributed by atoms with Crippen LogP contribution in [0.2, 0.25) is 5.02 Å². The summed E-state index contributed by atoms with van der Waals surface area (Å²) in [6.45, 7) is -2.87. The first-order chi connectivity index (χ1) is 14.6. The van der Waals surface area contributed by atoms with Crippen LogP contribution in [0.5, 0.6) is 5.75 Å². The lowest BCUT2D eigenvalue weighted by Crippen LogP contribution is -2.54. The molecule has 1 amide bonds. The molecule has 168 valence electrons. The van der Waals surface area contributed by atoms with Gasteiger partial charge in [0.15, 0.2) is 5.72 Å². The van der Waals surface area contributed by atoms with Gasteiger partial charge in [0, 0.05) is 31.6 Å². The summed E-state index contributed by atoms with van der Waals surface area (Å²) in [7, 11) is -3.81. The van der Waals surface area contributed by atoms with Gasteiger partial charge in [-0.2, -0.15) is 13.1 Å².